The molecule has 0 bridgehead atoms. The Kier molecular flexibility index (Phi) is 7.82. The van der Waals surface area contributed by atoms with Gasteiger partial charge in [-0.15, -0.1) is 0 Å². The molecular formula is C23H34BrNO5Si. The SMILES string of the molecule is COC(=O)c1cn(C(CO[Si](C)(C)C(C)(C)C)C(C)C)c2cc(OC)c(Br)cc2c1=O. The fourth-order valence-electron chi connectivity index (χ4n) is 3.14. The summed E-state index contributed by atoms with van der Waals surface area (Å²) in [6.45, 7) is 15.7. The van der Waals surface area contributed by atoms with Gasteiger partial charge >= 0.3 is 5.97 Å². The number of ether oxygens (including phenoxy) is 2. The van der Waals surface area contributed by atoms with Crippen LogP contribution in [0, 0.1) is 5.92 Å². The molecule has 2 aromatic rings. The zero-order valence-electron chi connectivity index (χ0n) is 20.0. The van der Waals surface area contributed by atoms with E-state index in [1.165, 1.54) is 7.11 Å². The summed E-state index contributed by atoms with van der Waals surface area (Å²) in [7, 11) is 0.867. The van der Waals surface area contributed by atoms with Crippen LogP contribution >= 0.6 is 15.9 Å². The Morgan fingerprint density at radius 1 is 1.19 bits per heavy atom. The van der Waals surface area contributed by atoms with Crippen molar-refractivity contribution < 1.29 is 18.7 Å². The highest BCUT2D eigenvalue weighted by Gasteiger charge is 2.38. The molecule has 1 heterocycles. The second-order valence-corrected chi connectivity index (χ2v) is 15.3. The topological polar surface area (TPSA) is 66.8 Å². The van der Waals surface area contributed by atoms with Gasteiger partial charge in [-0.1, -0.05) is 34.6 Å². The molecule has 172 valence electrons. The van der Waals surface area contributed by atoms with Crippen molar-refractivity contribution in [2.75, 3.05) is 20.8 Å². The van der Waals surface area contributed by atoms with E-state index in [2.05, 4.69) is 63.6 Å². The van der Waals surface area contributed by atoms with Gasteiger partial charge in [-0.2, -0.15) is 0 Å². The average Bonchev–Trinajstić information content (AvgIpc) is 2.67. The molecule has 6 nitrogen and oxygen atoms in total. The van der Waals surface area contributed by atoms with Gasteiger partial charge in [-0.3, -0.25) is 4.79 Å². The maximum Gasteiger partial charge on any atom is 0.343 e. The Bertz CT molecular complexity index is 1020. The number of carbonyl (C=O) groups excluding carboxylic acids is 1. The predicted octanol–water partition coefficient (Wildman–Crippen LogP) is 5.78. The first-order valence-electron chi connectivity index (χ1n) is 10.4. The van der Waals surface area contributed by atoms with E-state index in [9.17, 15) is 9.59 Å². The molecule has 0 amide bonds. The highest BCUT2D eigenvalue weighted by molar-refractivity contribution is 9.10. The van der Waals surface area contributed by atoms with E-state index in [0.717, 1.165) is 0 Å². The summed E-state index contributed by atoms with van der Waals surface area (Å²) in [5.74, 6) is 0.148. The number of pyridine rings is 1. The van der Waals surface area contributed by atoms with Crippen molar-refractivity contribution in [1.29, 1.82) is 0 Å². The molecule has 0 aliphatic carbocycles. The van der Waals surface area contributed by atoms with E-state index in [0.29, 0.717) is 27.7 Å². The minimum atomic E-state index is -1.99. The van der Waals surface area contributed by atoms with Crippen molar-refractivity contribution in [2.24, 2.45) is 5.92 Å². The monoisotopic (exact) mass is 511 g/mol. The number of hydrogen-bond donors (Lipinski definition) is 0. The molecule has 0 N–H and O–H groups in total. The number of esters is 1. The Labute approximate surface area is 194 Å². The highest BCUT2D eigenvalue weighted by atomic mass is 79.9. The molecule has 1 unspecified atom stereocenters. The minimum absolute atomic E-state index is 0.00467. The number of nitrogens with zero attached hydrogens (tertiary/aromatic N) is 1. The maximum absolute atomic E-state index is 13.1. The average molecular weight is 513 g/mol. The molecule has 1 atom stereocenters. The van der Waals surface area contributed by atoms with Crippen molar-refractivity contribution in [1.82, 2.24) is 4.57 Å². The Hall–Kier alpha value is -1.64. The number of methoxy groups -OCH3 is 2. The number of aromatic nitrogens is 1. The normalized spacial score (nSPS) is 13.5. The zero-order valence-corrected chi connectivity index (χ0v) is 22.5. The highest BCUT2D eigenvalue weighted by Crippen LogP contribution is 2.38. The lowest BCUT2D eigenvalue weighted by atomic mass is 10.0. The van der Waals surface area contributed by atoms with Gasteiger partial charge in [-0.05, 0) is 46.0 Å². The van der Waals surface area contributed by atoms with Gasteiger partial charge in [0.1, 0.15) is 11.3 Å². The first-order valence-corrected chi connectivity index (χ1v) is 14.1. The third-order valence-corrected chi connectivity index (χ3v) is 11.4. The Balaban J connectivity index is 2.75. The van der Waals surface area contributed by atoms with Gasteiger partial charge < -0.3 is 18.5 Å². The summed E-state index contributed by atoms with van der Waals surface area (Å²) >= 11 is 3.45. The standard InChI is InChI=1S/C23H34BrNO5Si/c1-14(2)19(13-30-31(8,9)23(3,4)5)25-12-16(22(27)29-7)21(26)15-10-17(24)20(28-6)11-18(15)25/h10-12,14,19H,13H2,1-9H3. The number of carbonyl (C=O) groups is 1. The number of hydrogen-bond acceptors (Lipinski definition) is 5. The first kappa shape index (κ1) is 25.6. The number of halogens is 1. The van der Waals surface area contributed by atoms with Crippen LogP contribution in [0.4, 0.5) is 0 Å². The van der Waals surface area contributed by atoms with Crippen molar-refractivity contribution in [2.45, 2.75) is 58.8 Å². The van der Waals surface area contributed by atoms with Crippen LogP contribution in [0.1, 0.15) is 51.0 Å². The molecule has 0 saturated carbocycles. The molecule has 31 heavy (non-hydrogen) atoms. The van der Waals surface area contributed by atoms with Crippen LogP contribution in [-0.2, 0) is 9.16 Å². The quantitative estimate of drug-likeness (QED) is 0.348. The lowest BCUT2D eigenvalue weighted by Gasteiger charge is -2.38. The maximum atomic E-state index is 13.1. The van der Waals surface area contributed by atoms with Gasteiger partial charge in [-0.25, -0.2) is 4.79 Å². The van der Waals surface area contributed by atoms with Crippen LogP contribution < -0.4 is 10.2 Å². The van der Waals surface area contributed by atoms with Gasteiger partial charge in [0.2, 0.25) is 5.43 Å². The molecule has 0 saturated heterocycles. The largest absolute Gasteiger partial charge is 0.495 e. The van der Waals surface area contributed by atoms with Crippen molar-refractivity contribution in [3.63, 3.8) is 0 Å². The van der Waals surface area contributed by atoms with Crippen LogP contribution in [0.15, 0.2) is 27.6 Å². The summed E-state index contributed by atoms with van der Waals surface area (Å²) in [5, 5.41) is 0.499. The fourth-order valence-corrected chi connectivity index (χ4v) is 4.67. The van der Waals surface area contributed by atoms with Crippen LogP contribution in [0.2, 0.25) is 18.1 Å². The second-order valence-electron chi connectivity index (χ2n) is 9.66. The third kappa shape index (κ3) is 5.23. The molecule has 8 heteroatoms. The molecule has 0 aliphatic rings. The van der Waals surface area contributed by atoms with Crippen LogP contribution in [-0.4, -0.2) is 39.7 Å². The van der Waals surface area contributed by atoms with Crippen LogP contribution in [0.3, 0.4) is 0 Å². The molecule has 0 aliphatic heterocycles. The summed E-state index contributed by atoms with van der Waals surface area (Å²) in [5.41, 5.74) is 0.328. The molecule has 1 aromatic carbocycles. The molecule has 2 rings (SSSR count). The van der Waals surface area contributed by atoms with Crippen molar-refractivity contribution >= 4 is 41.1 Å². The smallest absolute Gasteiger partial charge is 0.343 e. The zero-order chi connectivity index (χ0) is 23.7. The summed E-state index contributed by atoms with van der Waals surface area (Å²) in [4.78, 5) is 25.5. The van der Waals surface area contributed by atoms with Gasteiger partial charge in [0.05, 0.1) is 36.9 Å². The number of benzene rings is 1. The van der Waals surface area contributed by atoms with E-state index in [1.807, 2.05) is 10.6 Å². The minimum Gasteiger partial charge on any atom is -0.495 e. The van der Waals surface area contributed by atoms with E-state index in [1.54, 1.807) is 19.4 Å². The van der Waals surface area contributed by atoms with Gasteiger partial charge in [0.15, 0.2) is 8.32 Å². The van der Waals surface area contributed by atoms with E-state index >= 15 is 0 Å². The molecular weight excluding hydrogens is 478 g/mol. The summed E-state index contributed by atoms with van der Waals surface area (Å²) < 4.78 is 19.5. The predicted molar refractivity (Wildman–Crippen MR) is 131 cm³/mol. The lowest BCUT2D eigenvalue weighted by Crippen LogP contribution is -2.42. The summed E-state index contributed by atoms with van der Waals surface area (Å²) in [6, 6.07) is 3.43. The van der Waals surface area contributed by atoms with Crippen molar-refractivity contribution in [3.05, 3.63) is 38.6 Å². The number of rotatable bonds is 7. The molecule has 0 radical (unpaired) electrons. The van der Waals surface area contributed by atoms with Gasteiger partial charge in [0.25, 0.3) is 0 Å². The fraction of sp³-hybridized carbons (Fsp3) is 0.565. The third-order valence-electron chi connectivity index (χ3n) is 6.26. The second kappa shape index (κ2) is 9.46. The first-order chi connectivity index (χ1) is 14.2. The van der Waals surface area contributed by atoms with Gasteiger partial charge in [0, 0.05) is 17.6 Å². The molecule has 0 fully saturated rings. The van der Waals surface area contributed by atoms with Crippen LogP contribution in [0.5, 0.6) is 5.75 Å². The Morgan fingerprint density at radius 3 is 2.29 bits per heavy atom. The van der Waals surface area contributed by atoms with Crippen LogP contribution in [0.25, 0.3) is 10.9 Å². The Morgan fingerprint density at radius 2 is 1.81 bits per heavy atom. The van der Waals surface area contributed by atoms with Crippen molar-refractivity contribution in [3.8, 4) is 5.75 Å². The van der Waals surface area contributed by atoms with E-state index in [4.69, 9.17) is 13.9 Å². The van der Waals surface area contributed by atoms with E-state index < -0.39 is 14.3 Å². The lowest BCUT2D eigenvalue weighted by molar-refractivity contribution is 0.0598. The number of fused-ring (bicyclic) bond motifs is 1. The molecule has 1 aromatic heterocycles. The molecule has 0 spiro atoms. The van der Waals surface area contributed by atoms with E-state index in [-0.39, 0.29) is 28.0 Å². The summed E-state index contributed by atoms with van der Waals surface area (Å²) in [6.07, 6.45) is 1.60.